The number of anilines is 1. The third-order valence-corrected chi connectivity index (χ3v) is 3.70. The van der Waals surface area contributed by atoms with Gasteiger partial charge in [-0.25, -0.2) is 0 Å². The molecule has 1 aromatic carbocycles. The molecule has 0 fully saturated rings. The van der Waals surface area contributed by atoms with Gasteiger partial charge in [0.15, 0.2) is 0 Å². The summed E-state index contributed by atoms with van der Waals surface area (Å²) in [4.78, 5) is 16.2. The number of pyridine rings is 1. The van der Waals surface area contributed by atoms with E-state index in [0.29, 0.717) is 0 Å². The van der Waals surface area contributed by atoms with Crippen LogP contribution in [0.15, 0.2) is 55.3 Å². The highest BCUT2D eigenvalue weighted by Crippen LogP contribution is 2.30. The number of rotatable bonds is 5. The summed E-state index contributed by atoms with van der Waals surface area (Å²) in [7, 11) is 0. The van der Waals surface area contributed by atoms with Crippen molar-refractivity contribution in [3.05, 3.63) is 66.5 Å². The second kappa shape index (κ2) is 7.54. The fourth-order valence-corrected chi connectivity index (χ4v) is 2.52. The van der Waals surface area contributed by atoms with Crippen molar-refractivity contribution in [1.82, 2.24) is 4.98 Å². The van der Waals surface area contributed by atoms with Crippen LogP contribution in [0.25, 0.3) is 16.7 Å². The molecule has 2 rings (SSSR count). The van der Waals surface area contributed by atoms with Crippen LogP contribution in [0.1, 0.15) is 31.5 Å². The first-order chi connectivity index (χ1) is 11.1. The molecular weight excluding hydrogens is 284 g/mol. The highest BCUT2D eigenvalue weighted by Gasteiger charge is 2.10. The standard InChI is InChI=1S/C20H22N2O/c1-5-9-14(3)18-12-16(13-21-15(18)4)17-10-7-8-11-19(17)22-20(23)6-2/h6-13H,2,5H2,1,3-4H3,(H,22,23)/b14-9-. The van der Waals surface area contributed by atoms with Gasteiger partial charge in [-0.2, -0.15) is 0 Å². The Labute approximate surface area is 137 Å². The Bertz CT molecular complexity index is 760. The van der Waals surface area contributed by atoms with Crippen LogP contribution in [0, 0.1) is 6.92 Å². The van der Waals surface area contributed by atoms with Crippen molar-refractivity contribution in [2.75, 3.05) is 5.32 Å². The van der Waals surface area contributed by atoms with Crippen molar-refractivity contribution in [3.8, 4) is 11.1 Å². The van der Waals surface area contributed by atoms with Crippen molar-refractivity contribution in [1.29, 1.82) is 0 Å². The zero-order chi connectivity index (χ0) is 16.8. The highest BCUT2D eigenvalue weighted by atomic mass is 16.1. The van der Waals surface area contributed by atoms with E-state index in [1.807, 2.05) is 37.4 Å². The lowest BCUT2D eigenvalue weighted by Crippen LogP contribution is -2.08. The molecule has 0 aliphatic rings. The van der Waals surface area contributed by atoms with E-state index in [4.69, 9.17) is 0 Å². The first-order valence-electron chi connectivity index (χ1n) is 7.73. The first-order valence-corrected chi connectivity index (χ1v) is 7.73. The molecule has 0 saturated heterocycles. The molecule has 1 aromatic heterocycles. The lowest BCUT2D eigenvalue weighted by molar-refractivity contribution is -0.111. The molecule has 3 heteroatoms. The molecule has 3 nitrogen and oxygen atoms in total. The Morgan fingerprint density at radius 2 is 2.09 bits per heavy atom. The van der Waals surface area contributed by atoms with E-state index in [1.165, 1.54) is 11.6 Å². The van der Waals surface area contributed by atoms with Gasteiger partial charge in [0.1, 0.15) is 0 Å². The highest BCUT2D eigenvalue weighted by molar-refractivity contribution is 6.01. The molecule has 0 saturated carbocycles. The van der Waals surface area contributed by atoms with Gasteiger partial charge in [0.25, 0.3) is 0 Å². The van der Waals surface area contributed by atoms with Gasteiger partial charge in [-0.3, -0.25) is 9.78 Å². The maximum Gasteiger partial charge on any atom is 0.247 e. The summed E-state index contributed by atoms with van der Waals surface area (Å²) in [6.45, 7) is 9.73. The summed E-state index contributed by atoms with van der Waals surface area (Å²) >= 11 is 0. The Morgan fingerprint density at radius 3 is 2.78 bits per heavy atom. The average Bonchev–Trinajstić information content (AvgIpc) is 2.56. The van der Waals surface area contributed by atoms with Crippen molar-refractivity contribution >= 4 is 17.2 Å². The Kier molecular flexibility index (Phi) is 5.47. The number of aromatic nitrogens is 1. The van der Waals surface area contributed by atoms with Crippen LogP contribution >= 0.6 is 0 Å². The molecule has 1 heterocycles. The average molecular weight is 306 g/mol. The molecule has 0 unspecified atom stereocenters. The lowest BCUT2D eigenvalue weighted by atomic mass is 9.98. The summed E-state index contributed by atoms with van der Waals surface area (Å²) in [6, 6.07) is 9.83. The molecule has 0 aliphatic heterocycles. The minimum Gasteiger partial charge on any atom is -0.322 e. The maximum absolute atomic E-state index is 11.6. The van der Waals surface area contributed by atoms with Crippen LogP contribution in [0.3, 0.4) is 0 Å². The van der Waals surface area contributed by atoms with E-state index in [9.17, 15) is 4.79 Å². The van der Waals surface area contributed by atoms with Gasteiger partial charge >= 0.3 is 0 Å². The van der Waals surface area contributed by atoms with Crippen LogP contribution in [-0.4, -0.2) is 10.9 Å². The molecule has 2 aromatic rings. The normalized spacial score (nSPS) is 11.2. The molecule has 0 spiro atoms. The van der Waals surface area contributed by atoms with Gasteiger partial charge in [-0.05, 0) is 49.6 Å². The van der Waals surface area contributed by atoms with Gasteiger partial charge < -0.3 is 5.32 Å². The van der Waals surface area contributed by atoms with Crippen LogP contribution in [0.5, 0.6) is 0 Å². The second-order valence-corrected chi connectivity index (χ2v) is 5.39. The van der Waals surface area contributed by atoms with Gasteiger partial charge in [-0.15, -0.1) is 0 Å². The van der Waals surface area contributed by atoms with Crippen molar-refractivity contribution in [2.24, 2.45) is 0 Å². The minimum absolute atomic E-state index is 0.222. The molecule has 0 bridgehead atoms. The minimum atomic E-state index is -0.222. The number of nitrogens with zero attached hydrogens (tertiary/aromatic N) is 1. The SMILES string of the molecule is C=CC(=O)Nc1ccccc1-c1cnc(C)c(/C(C)=C\CC)c1. The van der Waals surface area contributed by atoms with Gasteiger partial charge in [0.2, 0.25) is 5.91 Å². The molecule has 0 aliphatic carbocycles. The van der Waals surface area contributed by atoms with E-state index >= 15 is 0 Å². The van der Waals surface area contributed by atoms with Crippen LogP contribution in [0.2, 0.25) is 0 Å². The monoisotopic (exact) mass is 306 g/mol. The van der Waals surface area contributed by atoms with Crippen molar-refractivity contribution in [3.63, 3.8) is 0 Å². The number of carbonyl (C=O) groups is 1. The summed E-state index contributed by atoms with van der Waals surface area (Å²) < 4.78 is 0. The summed E-state index contributed by atoms with van der Waals surface area (Å²) in [6.07, 6.45) is 6.29. The number of aryl methyl sites for hydroxylation is 1. The second-order valence-electron chi connectivity index (χ2n) is 5.39. The molecular formula is C20H22N2O. The number of carbonyl (C=O) groups excluding carboxylic acids is 1. The maximum atomic E-state index is 11.6. The van der Waals surface area contributed by atoms with Gasteiger partial charge in [0.05, 0.1) is 0 Å². The van der Waals surface area contributed by atoms with Crippen LogP contribution in [0.4, 0.5) is 5.69 Å². The topological polar surface area (TPSA) is 42.0 Å². The third kappa shape index (κ3) is 3.95. The van der Waals surface area contributed by atoms with E-state index in [1.54, 1.807) is 0 Å². The van der Waals surface area contributed by atoms with E-state index in [0.717, 1.165) is 34.5 Å². The van der Waals surface area contributed by atoms with Gasteiger partial charge in [0, 0.05) is 28.7 Å². The number of benzene rings is 1. The quantitative estimate of drug-likeness (QED) is 0.790. The van der Waals surface area contributed by atoms with Gasteiger partial charge in [-0.1, -0.05) is 37.8 Å². The number of allylic oxidation sites excluding steroid dienone is 2. The number of amides is 1. The molecule has 23 heavy (non-hydrogen) atoms. The predicted molar refractivity (Wildman–Crippen MR) is 97.2 cm³/mol. The van der Waals surface area contributed by atoms with E-state index in [-0.39, 0.29) is 5.91 Å². The number of nitrogens with one attached hydrogen (secondary N) is 1. The fraction of sp³-hybridized carbons (Fsp3) is 0.200. The smallest absolute Gasteiger partial charge is 0.247 e. The molecule has 118 valence electrons. The number of hydrogen-bond donors (Lipinski definition) is 1. The predicted octanol–water partition coefficient (Wildman–Crippen LogP) is 4.99. The zero-order valence-corrected chi connectivity index (χ0v) is 13.9. The Morgan fingerprint density at radius 1 is 1.35 bits per heavy atom. The zero-order valence-electron chi connectivity index (χ0n) is 13.9. The largest absolute Gasteiger partial charge is 0.322 e. The van der Waals surface area contributed by atoms with Crippen molar-refractivity contribution < 1.29 is 4.79 Å². The Hall–Kier alpha value is -2.68. The van der Waals surface area contributed by atoms with E-state index in [2.05, 4.69) is 42.9 Å². The lowest BCUT2D eigenvalue weighted by Gasteiger charge is -2.13. The molecule has 1 N–H and O–H groups in total. The third-order valence-electron chi connectivity index (χ3n) is 3.70. The summed E-state index contributed by atoms with van der Waals surface area (Å²) in [5.74, 6) is -0.222. The summed E-state index contributed by atoms with van der Waals surface area (Å²) in [5.41, 5.74) is 6.03. The van der Waals surface area contributed by atoms with E-state index < -0.39 is 0 Å². The van der Waals surface area contributed by atoms with Crippen LogP contribution < -0.4 is 5.32 Å². The summed E-state index contributed by atoms with van der Waals surface area (Å²) in [5, 5.41) is 2.85. The van der Waals surface area contributed by atoms with Crippen molar-refractivity contribution in [2.45, 2.75) is 27.2 Å². The molecule has 0 radical (unpaired) electrons. The first kappa shape index (κ1) is 16.7. The molecule has 1 amide bonds. The molecule has 0 atom stereocenters. The van der Waals surface area contributed by atoms with Crippen LogP contribution in [-0.2, 0) is 4.79 Å². The number of hydrogen-bond acceptors (Lipinski definition) is 2. The Balaban J connectivity index is 2.51. The number of para-hydroxylation sites is 1. The fourth-order valence-electron chi connectivity index (χ4n) is 2.52.